The van der Waals surface area contributed by atoms with Crippen molar-refractivity contribution in [2.24, 2.45) is 5.41 Å². The lowest BCUT2D eigenvalue weighted by Crippen LogP contribution is -2.29. The number of allylic oxidation sites excluding steroid dienone is 1. The summed E-state index contributed by atoms with van der Waals surface area (Å²) >= 11 is 11.2. The van der Waals surface area contributed by atoms with Gasteiger partial charge in [-0.2, -0.15) is 0 Å². The van der Waals surface area contributed by atoms with Gasteiger partial charge in [0.2, 0.25) is 0 Å². The summed E-state index contributed by atoms with van der Waals surface area (Å²) in [5.41, 5.74) is 9.80. The molecule has 0 aromatic heterocycles. The van der Waals surface area contributed by atoms with Crippen LogP contribution in [0.3, 0.4) is 0 Å². The maximum Gasteiger partial charge on any atom is 0.0250 e. The van der Waals surface area contributed by atoms with Crippen molar-refractivity contribution in [2.45, 2.75) is 32.6 Å². The first kappa shape index (κ1) is 19.8. The summed E-state index contributed by atoms with van der Waals surface area (Å²) in [6.07, 6.45) is 2.37. The van der Waals surface area contributed by atoms with Gasteiger partial charge in [-0.3, -0.25) is 0 Å². The Morgan fingerprint density at radius 3 is 1.90 bits per heavy atom. The molecule has 2 aliphatic carbocycles. The molecule has 0 aliphatic heterocycles. The van der Waals surface area contributed by atoms with Gasteiger partial charge in [0, 0.05) is 25.3 Å². The van der Waals surface area contributed by atoms with E-state index in [4.69, 9.17) is 0 Å². The van der Waals surface area contributed by atoms with Crippen LogP contribution >= 0.6 is 47.8 Å². The van der Waals surface area contributed by atoms with Crippen molar-refractivity contribution in [3.8, 4) is 11.1 Å². The van der Waals surface area contributed by atoms with E-state index in [1.165, 1.54) is 43.4 Å². The van der Waals surface area contributed by atoms with Crippen LogP contribution < -0.4 is 0 Å². The fourth-order valence-electron chi connectivity index (χ4n) is 5.67. The van der Waals surface area contributed by atoms with Crippen LogP contribution in [0, 0.1) is 5.41 Å². The Bertz CT molecular complexity index is 1140. The Labute approximate surface area is 197 Å². The topological polar surface area (TPSA) is 0 Å². The van der Waals surface area contributed by atoms with Crippen LogP contribution in [0.1, 0.15) is 54.9 Å². The van der Waals surface area contributed by atoms with Crippen LogP contribution in [-0.2, 0) is 0 Å². The average molecular weight is 573 g/mol. The first-order chi connectivity index (χ1) is 13.8. The number of hydrogen-bond acceptors (Lipinski definition) is 0. The maximum absolute atomic E-state index is 3.77. The molecular weight excluding hydrogens is 552 g/mol. The first-order valence-electron chi connectivity index (χ1n) is 9.85. The number of benzene rings is 3. The molecule has 3 heteroatoms. The highest BCUT2D eigenvalue weighted by Crippen LogP contribution is 2.61. The predicted molar refractivity (Wildman–Crippen MR) is 133 cm³/mol. The molecule has 0 radical (unpaired) electrons. The second-order valence-corrected chi connectivity index (χ2v) is 11.5. The van der Waals surface area contributed by atoms with E-state index in [0.29, 0.717) is 11.8 Å². The quantitative estimate of drug-likeness (QED) is 0.287. The minimum absolute atomic E-state index is 0.00815. The average Bonchev–Trinajstić information content (AvgIpc) is 3.16. The summed E-state index contributed by atoms with van der Waals surface area (Å²) < 4.78 is 3.47. The van der Waals surface area contributed by atoms with E-state index >= 15 is 0 Å². The molecule has 0 nitrogen and oxygen atoms in total. The van der Waals surface area contributed by atoms with E-state index < -0.39 is 0 Å². The van der Waals surface area contributed by atoms with E-state index in [9.17, 15) is 0 Å². The van der Waals surface area contributed by atoms with Crippen molar-refractivity contribution >= 4 is 53.9 Å². The summed E-state index contributed by atoms with van der Waals surface area (Å²) in [4.78, 5) is 0. The predicted octanol–water partition coefficient (Wildman–Crippen LogP) is 9.31. The molecule has 0 heterocycles. The largest absolute Gasteiger partial charge is 0.0646 e. The molecule has 3 aromatic rings. The van der Waals surface area contributed by atoms with Gasteiger partial charge in [0.05, 0.1) is 0 Å². The molecule has 2 aliphatic rings. The van der Waals surface area contributed by atoms with Crippen molar-refractivity contribution in [1.82, 2.24) is 0 Å². The van der Waals surface area contributed by atoms with Gasteiger partial charge in [-0.15, -0.1) is 0 Å². The minimum Gasteiger partial charge on any atom is -0.0646 e. The van der Waals surface area contributed by atoms with Gasteiger partial charge < -0.3 is 0 Å². The molecule has 146 valence electrons. The Balaban J connectivity index is 1.74. The molecule has 1 unspecified atom stereocenters. The van der Waals surface area contributed by atoms with E-state index in [-0.39, 0.29) is 5.41 Å². The molecule has 0 fully saturated rings. The molecular formula is C26H21Br3. The molecule has 0 saturated heterocycles. The maximum atomic E-state index is 3.77. The van der Waals surface area contributed by atoms with Crippen molar-refractivity contribution in [1.29, 1.82) is 0 Å². The highest BCUT2D eigenvalue weighted by Gasteiger charge is 2.47. The zero-order valence-electron chi connectivity index (χ0n) is 16.6. The number of rotatable bonds is 2. The Hall–Kier alpha value is -1.16. The summed E-state index contributed by atoms with van der Waals surface area (Å²) in [5.74, 6) is 0.692. The number of halogens is 3. The minimum atomic E-state index is 0.00815. The number of hydrogen-bond donors (Lipinski definition) is 0. The zero-order valence-corrected chi connectivity index (χ0v) is 21.3. The first-order valence-corrected chi connectivity index (χ1v) is 12.2. The van der Waals surface area contributed by atoms with Gasteiger partial charge in [-0.05, 0) is 76.1 Å². The summed E-state index contributed by atoms with van der Waals surface area (Å²) in [6, 6.07) is 20.1. The third-order valence-electron chi connectivity index (χ3n) is 6.65. The molecule has 3 aromatic carbocycles. The molecule has 0 saturated carbocycles. The normalized spacial score (nSPS) is 17.7. The van der Waals surface area contributed by atoms with Crippen molar-refractivity contribution in [3.63, 3.8) is 0 Å². The standard InChI is InChI=1S/C26H21Br3/c1-14-11-20-19(5-4-6-23(20)29)24(14)26(2,3)25-21-12-15(27)7-9-17(21)18-10-8-16(28)13-22(18)25/h4-13,24-25H,1-3H3. The van der Waals surface area contributed by atoms with Crippen molar-refractivity contribution in [2.75, 3.05) is 0 Å². The molecule has 0 bridgehead atoms. The highest BCUT2D eigenvalue weighted by molar-refractivity contribution is 9.11. The van der Waals surface area contributed by atoms with Crippen molar-refractivity contribution < 1.29 is 0 Å². The summed E-state index contributed by atoms with van der Waals surface area (Å²) in [5, 5.41) is 0. The second kappa shape index (κ2) is 6.93. The molecule has 5 rings (SSSR count). The smallest absolute Gasteiger partial charge is 0.0250 e. The lowest BCUT2D eigenvalue weighted by Gasteiger charge is -2.40. The Morgan fingerprint density at radius 1 is 0.724 bits per heavy atom. The fourth-order valence-corrected chi connectivity index (χ4v) is 6.93. The highest BCUT2D eigenvalue weighted by atomic mass is 79.9. The summed E-state index contributed by atoms with van der Waals surface area (Å²) in [7, 11) is 0. The third kappa shape index (κ3) is 2.96. The van der Waals surface area contributed by atoms with Crippen LogP contribution in [0.4, 0.5) is 0 Å². The van der Waals surface area contributed by atoms with E-state index in [2.05, 4.69) is 129 Å². The SMILES string of the molecule is CC1=Cc2c(Br)cccc2C1C(C)(C)C1c2cc(Br)ccc2-c2ccc(Br)cc21. The Kier molecular flexibility index (Phi) is 4.73. The van der Waals surface area contributed by atoms with Crippen LogP contribution in [0.2, 0.25) is 0 Å². The molecule has 0 spiro atoms. The third-order valence-corrected chi connectivity index (χ3v) is 8.33. The molecule has 0 amide bonds. The van der Waals surface area contributed by atoms with Gasteiger partial charge in [0.1, 0.15) is 0 Å². The van der Waals surface area contributed by atoms with E-state index in [0.717, 1.165) is 8.95 Å². The van der Waals surface area contributed by atoms with E-state index in [1.54, 1.807) is 0 Å². The molecule has 0 N–H and O–H groups in total. The fraction of sp³-hybridized carbons (Fsp3) is 0.231. The van der Waals surface area contributed by atoms with Crippen molar-refractivity contribution in [3.05, 3.63) is 95.8 Å². The van der Waals surface area contributed by atoms with Crippen LogP contribution in [0.15, 0.2) is 73.6 Å². The van der Waals surface area contributed by atoms with Gasteiger partial charge in [0.25, 0.3) is 0 Å². The molecule has 1 atom stereocenters. The lowest BCUT2D eigenvalue weighted by molar-refractivity contribution is 0.278. The van der Waals surface area contributed by atoms with Crippen LogP contribution in [0.25, 0.3) is 17.2 Å². The van der Waals surface area contributed by atoms with Crippen LogP contribution in [-0.4, -0.2) is 0 Å². The zero-order chi connectivity index (χ0) is 20.5. The van der Waals surface area contributed by atoms with E-state index in [1.807, 2.05) is 0 Å². The van der Waals surface area contributed by atoms with Gasteiger partial charge in [-0.1, -0.05) is 97.6 Å². The summed E-state index contributed by atoms with van der Waals surface area (Å²) in [6.45, 7) is 7.17. The monoisotopic (exact) mass is 570 g/mol. The van der Waals surface area contributed by atoms with Gasteiger partial charge >= 0.3 is 0 Å². The van der Waals surface area contributed by atoms with Crippen LogP contribution in [0.5, 0.6) is 0 Å². The second-order valence-electron chi connectivity index (χ2n) is 8.78. The van der Waals surface area contributed by atoms with Gasteiger partial charge in [-0.25, -0.2) is 0 Å². The lowest BCUT2D eigenvalue weighted by atomic mass is 9.63. The number of fused-ring (bicyclic) bond motifs is 4. The Morgan fingerprint density at radius 2 is 1.31 bits per heavy atom. The van der Waals surface area contributed by atoms with Gasteiger partial charge in [0.15, 0.2) is 0 Å². The molecule has 29 heavy (non-hydrogen) atoms.